The van der Waals surface area contributed by atoms with Crippen molar-refractivity contribution in [1.29, 1.82) is 0 Å². The average molecular weight is 445 g/mol. The highest BCUT2D eigenvalue weighted by atomic mass is 16.5. The van der Waals surface area contributed by atoms with E-state index in [4.69, 9.17) is 20.2 Å². The minimum atomic E-state index is -0.0989. The van der Waals surface area contributed by atoms with Crippen LogP contribution in [0, 0.1) is 6.92 Å². The number of morpholine rings is 1. The van der Waals surface area contributed by atoms with E-state index in [1.165, 1.54) is 22.2 Å². The summed E-state index contributed by atoms with van der Waals surface area (Å²) in [4.78, 5) is 15.4. The van der Waals surface area contributed by atoms with Crippen molar-refractivity contribution in [2.75, 3.05) is 32.5 Å². The molecule has 0 radical (unpaired) electrons. The number of nitrogens with two attached hydrogens (primary N) is 1. The first-order chi connectivity index (χ1) is 16.0. The van der Waals surface area contributed by atoms with E-state index in [0.717, 1.165) is 42.3 Å². The predicted molar refractivity (Wildman–Crippen MR) is 128 cm³/mol. The van der Waals surface area contributed by atoms with Crippen LogP contribution in [0.5, 0.6) is 5.75 Å². The third-order valence-electron chi connectivity index (χ3n) is 6.43. The number of methoxy groups -OCH3 is 1. The molecule has 0 amide bonds. The molecule has 5 rings (SSSR count). The van der Waals surface area contributed by atoms with Gasteiger partial charge in [-0.15, -0.1) is 0 Å². The van der Waals surface area contributed by atoms with Crippen molar-refractivity contribution in [2.45, 2.75) is 19.6 Å². The largest absolute Gasteiger partial charge is 0.497 e. The van der Waals surface area contributed by atoms with Crippen LogP contribution in [-0.2, 0) is 18.3 Å². The van der Waals surface area contributed by atoms with Crippen LogP contribution in [0.2, 0.25) is 0 Å². The van der Waals surface area contributed by atoms with Crippen LogP contribution in [0.25, 0.3) is 22.2 Å². The van der Waals surface area contributed by atoms with E-state index in [-0.39, 0.29) is 12.1 Å². The molecule has 8 heteroatoms. The number of pyridine rings is 1. The summed E-state index contributed by atoms with van der Waals surface area (Å²) in [5.74, 6) is 1.13. The van der Waals surface area contributed by atoms with Gasteiger partial charge in [0, 0.05) is 61.2 Å². The Hall–Kier alpha value is -3.49. The van der Waals surface area contributed by atoms with Crippen molar-refractivity contribution in [3.63, 3.8) is 0 Å². The second-order valence-electron chi connectivity index (χ2n) is 8.38. The van der Waals surface area contributed by atoms with E-state index in [1.54, 1.807) is 19.5 Å². The van der Waals surface area contributed by atoms with Crippen molar-refractivity contribution < 1.29 is 9.47 Å². The zero-order chi connectivity index (χ0) is 22.9. The van der Waals surface area contributed by atoms with Crippen LogP contribution in [0.1, 0.15) is 23.1 Å². The van der Waals surface area contributed by atoms with E-state index in [9.17, 15) is 0 Å². The van der Waals surface area contributed by atoms with Gasteiger partial charge in [-0.2, -0.15) is 0 Å². The Morgan fingerprint density at radius 1 is 1.18 bits per heavy atom. The lowest BCUT2D eigenvalue weighted by Gasteiger charge is -2.33. The van der Waals surface area contributed by atoms with Crippen LogP contribution in [0.15, 0.2) is 48.8 Å². The van der Waals surface area contributed by atoms with Crippen molar-refractivity contribution in [3.05, 3.63) is 65.7 Å². The van der Waals surface area contributed by atoms with Crippen molar-refractivity contribution >= 4 is 16.9 Å². The van der Waals surface area contributed by atoms with Crippen LogP contribution < -0.4 is 10.5 Å². The second-order valence-corrected chi connectivity index (χ2v) is 8.38. The smallest absolute Gasteiger partial charge is 0.219 e. The van der Waals surface area contributed by atoms with Gasteiger partial charge >= 0.3 is 0 Å². The molecule has 170 valence electrons. The minimum absolute atomic E-state index is 0.0989. The number of anilines is 1. The quantitative estimate of drug-likeness (QED) is 0.504. The number of nitrogens with zero attached hydrogens (tertiary/aromatic N) is 5. The molecule has 2 N–H and O–H groups in total. The van der Waals surface area contributed by atoms with Crippen LogP contribution >= 0.6 is 0 Å². The molecule has 1 saturated heterocycles. The van der Waals surface area contributed by atoms with Gasteiger partial charge in [0.2, 0.25) is 5.95 Å². The van der Waals surface area contributed by atoms with Gasteiger partial charge in [0.05, 0.1) is 25.1 Å². The molecule has 8 nitrogen and oxygen atoms in total. The topological polar surface area (TPSA) is 91.3 Å². The fraction of sp³-hybridized carbons (Fsp3) is 0.320. The lowest BCUT2D eigenvalue weighted by Crippen LogP contribution is -2.38. The van der Waals surface area contributed by atoms with E-state index < -0.39 is 0 Å². The maximum absolute atomic E-state index is 6.12. The number of aromatic nitrogens is 4. The van der Waals surface area contributed by atoms with E-state index in [0.29, 0.717) is 6.61 Å². The summed E-state index contributed by atoms with van der Waals surface area (Å²) in [6.07, 6.45) is 3.29. The number of rotatable bonds is 5. The van der Waals surface area contributed by atoms with Gasteiger partial charge in [0.1, 0.15) is 11.9 Å². The number of aryl methyl sites for hydroxylation is 1. The monoisotopic (exact) mass is 444 g/mol. The lowest BCUT2D eigenvalue weighted by atomic mass is 10.1. The molecule has 0 aliphatic carbocycles. The summed E-state index contributed by atoms with van der Waals surface area (Å²) in [5, 5.41) is 1.24. The molecule has 0 saturated carbocycles. The average Bonchev–Trinajstić information content (AvgIpc) is 3.09. The molecule has 1 aromatic carbocycles. The van der Waals surface area contributed by atoms with Crippen molar-refractivity contribution in [1.82, 2.24) is 24.4 Å². The Kier molecular flexibility index (Phi) is 5.70. The molecule has 4 aromatic rings. The molecule has 0 unspecified atom stereocenters. The maximum Gasteiger partial charge on any atom is 0.219 e. The Bertz CT molecular complexity index is 1280. The fourth-order valence-electron chi connectivity index (χ4n) is 4.46. The zero-order valence-electron chi connectivity index (χ0n) is 19.2. The molecule has 1 atom stereocenters. The van der Waals surface area contributed by atoms with Gasteiger partial charge < -0.3 is 19.8 Å². The molecule has 1 fully saturated rings. The van der Waals surface area contributed by atoms with Gasteiger partial charge in [-0.1, -0.05) is 6.07 Å². The van der Waals surface area contributed by atoms with Gasteiger partial charge in [0.25, 0.3) is 0 Å². The lowest BCUT2D eigenvalue weighted by molar-refractivity contribution is -0.0348. The number of nitrogen functional groups attached to an aromatic ring is 1. The third-order valence-corrected chi connectivity index (χ3v) is 6.43. The van der Waals surface area contributed by atoms with Gasteiger partial charge in [-0.05, 0) is 42.8 Å². The SMILES string of the molecule is COc1ccc2c(c1)c(CN1CCO[C@@H](c3cccc(-c4cnc(N)nc4)n3)C1)c(C)n2C. The summed E-state index contributed by atoms with van der Waals surface area (Å²) in [6.45, 7) is 5.34. The Morgan fingerprint density at radius 2 is 2.00 bits per heavy atom. The normalized spacial score (nSPS) is 16.9. The molecule has 1 aliphatic rings. The maximum atomic E-state index is 6.12. The molecule has 3 aromatic heterocycles. The molecule has 1 aliphatic heterocycles. The highest BCUT2D eigenvalue weighted by Crippen LogP contribution is 2.31. The zero-order valence-corrected chi connectivity index (χ0v) is 19.2. The molecular formula is C25H28N6O2. The predicted octanol–water partition coefficient (Wildman–Crippen LogP) is 3.50. The molecule has 0 spiro atoms. The summed E-state index contributed by atoms with van der Waals surface area (Å²) in [5.41, 5.74) is 12.0. The number of hydrogen-bond acceptors (Lipinski definition) is 7. The molecule has 33 heavy (non-hydrogen) atoms. The van der Waals surface area contributed by atoms with Crippen LogP contribution in [0.4, 0.5) is 5.95 Å². The van der Waals surface area contributed by atoms with E-state index in [1.807, 2.05) is 24.3 Å². The number of ether oxygens (including phenoxy) is 2. The molecule has 4 heterocycles. The standard InChI is InChI=1S/C25H28N6O2/c1-16-20(19-11-18(32-3)7-8-23(19)30(16)2)14-31-9-10-33-24(15-31)22-6-4-5-21(29-22)17-12-27-25(26)28-13-17/h4-8,11-13,24H,9-10,14-15H2,1-3H3,(H2,26,27,28)/t24-/m1/s1. The van der Waals surface area contributed by atoms with E-state index >= 15 is 0 Å². The molecular weight excluding hydrogens is 416 g/mol. The third kappa shape index (κ3) is 4.15. The highest BCUT2D eigenvalue weighted by Gasteiger charge is 2.25. The van der Waals surface area contributed by atoms with Crippen LogP contribution in [-0.4, -0.2) is 51.2 Å². The van der Waals surface area contributed by atoms with Crippen molar-refractivity contribution in [3.8, 4) is 17.0 Å². The number of benzene rings is 1. The van der Waals surface area contributed by atoms with Gasteiger partial charge in [-0.25, -0.2) is 15.0 Å². The van der Waals surface area contributed by atoms with Gasteiger partial charge in [-0.3, -0.25) is 4.90 Å². The number of hydrogen-bond donors (Lipinski definition) is 1. The summed E-state index contributed by atoms with van der Waals surface area (Å²) < 4.78 is 13.9. The van der Waals surface area contributed by atoms with Gasteiger partial charge in [0.15, 0.2) is 0 Å². The summed E-state index contributed by atoms with van der Waals surface area (Å²) in [6, 6.07) is 12.2. The summed E-state index contributed by atoms with van der Waals surface area (Å²) >= 11 is 0. The molecule has 0 bridgehead atoms. The Labute approximate surface area is 193 Å². The fourth-order valence-corrected chi connectivity index (χ4v) is 4.46. The first-order valence-electron chi connectivity index (χ1n) is 11.0. The van der Waals surface area contributed by atoms with E-state index in [2.05, 4.69) is 45.5 Å². The minimum Gasteiger partial charge on any atom is -0.497 e. The highest BCUT2D eigenvalue weighted by molar-refractivity contribution is 5.86. The summed E-state index contributed by atoms with van der Waals surface area (Å²) in [7, 11) is 3.83. The van der Waals surface area contributed by atoms with Crippen LogP contribution in [0.3, 0.4) is 0 Å². The Morgan fingerprint density at radius 3 is 2.79 bits per heavy atom. The van der Waals surface area contributed by atoms with Crippen molar-refractivity contribution in [2.24, 2.45) is 7.05 Å². The first kappa shape index (κ1) is 21.4. The second kappa shape index (κ2) is 8.80. The number of fused-ring (bicyclic) bond motifs is 1. The Balaban J connectivity index is 1.39. The first-order valence-corrected chi connectivity index (χ1v) is 11.0.